The number of aromatic nitrogens is 2. The predicted molar refractivity (Wildman–Crippen MR) is 91.1 cm³/mol. The zero-order valence-corrected chi connectivity index (χ0v) is 14.5. The van der Waals surface area contributed by atoms with Gasteiger partial charge in [0.15, 0.2) is 0 Å². The van der Waals surface area contributed by atoms with Crippen LogP contribution in [0.1, 0.15) is 16.6 Å². The molecular formula is C15H21N5O2S. The number of methoxy groups -OCH3 is 1. The van der Waals surface area contributed by atoms with Gasteiger partial charge < -0.3 is 15.0 Å². The first-order chi connectivity index (χ1) is 11.0. The molecule has 1 aromatic heterocycles. The van der Waals surface area contributed by atoms with Crippen molar-refractivity contribution in [3.8, 4) is 5.75 Å². The first-order valence-corrected chi connectivity index (χ1v) is 7.96. The number of benzene rings is 1. The van der Waals surface area contributed by atoms with E-state index >= 15 is 0 Å². The summed E-state index contributed by atoms with van der Waals surface area (Å²) < 4.78 is 5.26. The molecule has 124 valence electrons. The van der Waals surface area contributed by atoms with Crippen LogP contribution in [0, 0.1) is 6.92 Å². The lowest BCUT2D eigenvalue weighted by atomic mass is 10.1. The number of carbonyl (C=O) groups is 1. The summed E-state index contributed by atoms with van der Waals surface area (Å²) in [5.41, 5.74) is 1.07. The first kappa shape index (κ1) is 17.2. The molecule has 0 fully saturated rings. The Labute approximate surface area is 139 Å². The van der Waals surface area contributed by atoms with Crippen LogP contribution in [0.5, 0.6) is 5.75 Å². The standard InChI is InChI=1S/C15H21N5O2S/c1-10-18-19-15(23-10)17-14(21)16-9-13(20(2)3)11-6-5-7-12(8-11)22-4/h5-8,13H,9H2,1-4H3,(H2,16,17,19,21)/t13-/m0/s1. The van der Waals surface area contributed by atoms with Crippen molar-refractivity contribution in [2.75, 3.05) is 33.1 Å². The van der Waals surface area contributed by atoms with Gasteiger partial charge in [-0.2, -0.15) is 0 Å². The molecule has 0 bridgehead atoms. The zero-order chi connectivity index (χ0) is 16.8. The fraction of sp³-hybridized carbons (Fsp3) is 0.400. The summed E-state index contributed by atoms with van der Waals surface area (Å²) in [6.07, 6.45) is 0. The summed E-state index contributed by atoms with van der Waals surface area (Å²) >= 11 is 1.34. The lowest BCUT2D eigenvalue weighted by Gasteiger charge is -2.25. The minimum Gasteiger partial charge on any atom is -0.497 e. The monoisotopic (exact) mass is 335 g/mol. The van der Waals surface area contributed by atoms with Crippen molar-refractivity contribution in [1.29, 1.82) is 0 Å². The minimum atomic E-state index is -0.295. The second kappa shape index (κ2) is 7.89. The Balaban J connectivity index is 1.98. The maximum Gasteiger partial charge on any atom is 0.321 e. The van der Waals surface area contributed by atoms with Crippen LogP contribution in [0.4, 0.5) is 9.93 Å². The van der Waals surface area contributed by atoms with Gasteiger partial charge in [-0.15, -0.1) is 10.2 Å². The number of anilines is 1. The Morgan fingerprint density at radius 1 is 1.39 bits per heavy atom. The molecule has 7 nitrogen and oxygen atoms in total. The molecule has 1 heterocycles. The van der Waals surface area contributed by atoms with Crippen molar-refractivity contribution >= 4 is 22.5 Å². The van der Waals surface area contributed by atoms with E-state index in [0.717, 1.165) is 16.3 Å². The Kier molecular flexibility index (Phi) is 5.89. The summed E-state index contributed by atoms with van der Waals surface area (Å²) in [7, 11) is 5.58. The number of carbonyl (C=O) groups excluding carboxylic acids is 1. The normalized spacial score (nSPS) is 12.0. The topological polar surface area (TPSA) is 79.4 Å². The summed E-state index contributed by atoms with van der Waals surface area (Å²) in [4.78, 5) is 14.0. The molecule has 2 N–H and O–H groups in total. The Bertz CT molecular complexity index is 659. The maximum absolute atomic E-state index is 12.0. The lowest BCUT2D eigenvalue weighted by Crippen LogP contribution is -2.36. The molecule has 0 aliphatic carbocycles. The summed E-state index contributed by atoms with van der Waals surface area (Å²) in [6, 6.07) is 7.56. The maximum atomic E-state index is 12.0. The first-order valence-electron chi connectivity index (χ1n) is 7.15. The van der Waals surface area contributed by atoms with Crippen LogP contribution in [-0.4, -0.2) is 48.9 Å². The number of hydrogen-bond acceptors (Lipinski definition) is 6. The Morgan fingerprint density at radius 2 is 2.17 bits per heavy atom. The minimum absolute atomic E-state index is 0.0343. The molecule has 0 saturated carbocycles. The van der Waals surface area contributed by atoms with Crippen molar-refractivity contribution in [1.82, 2.24) is 20.4 Å². The molecule has 1 atom stereocenters. The van der Waals surface area contributed by atoms with Gasteiger partial charge in [0.25, 0.3) is 0 Å². The number of nitrogens with zero attached hydrogens (tertiary/aromatic N) is 3. The van der Waals surface area contributed by atoms with Crippen LogP contribution in [-0.2, 0) is 0 Å². The largest absolute Gasteiger partial charge is 0.497 e. The van der Waals surface area contributed by atoms with Gasteiger partial charge in [0.05, 0.1) is 13.2 Å². The highest BCUT2D eigenvalue weighted by atomic mass is 32.1. The average Bonchev–Trinajstić information content (AvgIpc) is 2.92. The number of ether oxygens (including phenoxy) is 1. The fourth-order valence-electron chi connectivity index (χ4n) is 2.13. The van der Waals surface area contributed by atoms with Crippen LogP contribution < -0.4 is 15.4 Å². The van der Waals surface area contributed by atoms with Crippen molar-refractivity contribution in [3.63, 3.8) is 0 Å². The smallest absolute Gasteiger partial charge is 0.321 e. The molecule has 2 amide bonds. The van der Waals surface area contributed by atoms with E-state index in [1.165, 1.54) is 11.3 Å². The van der Waals surface area contributed by atoms with Crippen LogP contribution in [0.2, 0.25) is 0 Å². The number of amides is 2. The van der Waals surface area contributed by atoms with Crippen LogP contribution >= 0.6 is 11.3 Å². The molecule has 2 rings (SSSR count). The zero-order valence-electron chi connectivity index (χ0n) is 13.7. The third-order valence-electron chi connectivity index (χ3n) is 3.30. The van der Waals surface area contributed by atoms with E-state index in [9.17, 15) is 4.79 Å². The van der Waals surface area contributed by atoms with Gasteiger partial charge in [-0.3, -0.25) is 5.32 Å². The van der Waals surface area contributed by atoms with Gasteiger partial charge in [-0.05, 0) is 38.7 Å². The lowest BCUT2D eigenvalue weighted by molar-refractivity contribution is 0.243. The molecule has 8 heteroatoms. The van der Waals surface area contributed by atoms with Crippen LogP contribution in [0.15, 0.2) is 24.3 Å². The highest BCUT2D eigenvalue weighted by Crippen LogP contribution is 2.22. The van der Waals surface area contributed by atoms with E-state index < -0.39 is 0 Å². The second-order valence-electron chi connectivity index (χ2n) is 5.22. The number of aryl methyl sites for hydroxylation is 1. The highest BCUT2D eigenvalue weighted by molar-refractivity contribution is 7.15. The van der Waals surface area contributed by atoms with Crippen LogP contribution in [0.3, 0.4) is 0 Å². The number of hydrogen-bond donors (Lipinski definition) is 2. The Morgan fingerprint density at radius 3 is 2.78 bits per heavy atom. The summed E-state index contributed by atoms with van der Waals surface area (Å²) in [5, 5.41) is 14.6. The highest BCUT2D eigenvalue weighted by Gasteiger charge is 2.16. The third-order valence-corrected chi connectivity index (χ3v) is 4.06. The molecule has 0 spiro atoms. The van der Waals surface area contributed by atoms with Gasteiger partial charge in [0.1, 0.15) is 10.8 Å². The van der Waals surface area contributed by atoms with Crippen molar-refractivity contribution in [3.05, 3.63) is 34.8 Å². The van der Waals surface area contributed by atoms with E-state index in [1.54, 1.807) is 7.11 Å². The van der Waals surface area contributed by atoms with Gasteiger partial charge in [0, 0.05) is 6.54 Å². The van der Waals surface area contributed by atoms with Crippen molar-refractivity contribution in [2.24, 2.45) is 0 Å². The van der Waals surface area contributed by atoms with Gasteiger partial charge in [0.2, 0.25) is 5.13 Å². The fourth-order valence-corrected chi connectivity index (χ4v) is 2.71. The summed E-state index contributed by atoms with van der Waals surface area (Å²) in [6.45, 7) is 2.30. The summed E-state index contributed by atoms with van der Waals surface area (Å²) in [5.74, 6) is 0.795. The average molecular weight is 335 g/mol. The molecule has 1 aromatic carbocycles. The second-order valence-corrected chi connectivity index (χ2v) is 6.40. The number of likely N-dealkylation sites (N-methyl/N-ethyl adjacent to an activating group) is 1. The molecule has 0 saturated heterocycles. The molecule has 2 aromatic rings. The Hall–Kier alpha value is -2.19. The van der Waals surface area contributed by atoms with Gasteiger partial charge in [-0.25, -0.2) is 4.79 Å². The number of rotatable bonds is 6. The van der Waals surface area contributed by atoms with Crippen molar-refractivity contribution < 1.29 is 9.53 Å². The SMILES string of the molecule is COc1cccc([C@H](CNC(=O)Nc2nnc(C)s2)N(C)C)c1. The van der Waals surface area contributed by atoms with E-state index in [2.05, 4.69) is 20.8 Å². The van der Waals surface area contributed by atoms with Crippen molar-refractivity contribution in [2.45, 2.75) is 13.0 Å². The molecular weight excluding hydrogens is 314 g/mol. The molecule has 0 unspecified atom stereocenters. The third kappa shape index (κ3) is 4.90. The van der Waals surface area contributed by atoms with E-state index in [-0.39, 0.29) is 12.1 Å². The van der Waals surface area contributed by atoms with E-state index in [1.807, 2.05) is 50.2 Å². The predicted octanol–water partition coefficient (Wildman–Crippen LogP) is 2.28. The number of urea groups is 1. The molecule has 0 aliphatic rings. The van der Waals surface area contributed by atoms with Gasteiger partial charge >= 0.3 is 6.03 Å². The van der Waals surface area contributed by atoms with Gasteiger partial charge in [-0.1, -0.05) is 23.5 Å². The van der Waals surface area contributed by atoms with E-state index in [4.69, 9.17) is 4.74 Å². The quantitative estimate of drug-likeness (QED) is 0.847. The molecule has 23 heavy (non-hydrogen) atoms. The molecule has 0 aliphatic heterocycles. The van der Waals surface area contributed by atoms with Crippen LogP contribution in [0.25, 0.3) is 0 Å². The number of nitrogens with one attached hydrogen (secondary N) is 2. The molecule has 0 radical (unpaired) electrons. The van der Waals surface area contributed by atoms with E-state index in [0.29, 0.717) is 11.7 Å².